The van der Waals surface area contributed by atoms with Crippen LogP contribution in [0.25, 0.3) is 11.3 Å². The minimum absolute atomic E-state index is 0.0850. The quantitative estimate of drug-likeness (QED) is 0.531. The molecule has 0 aliphatic carbocycles. The lowest BCUT2D eigenvalue weighted by molar-refractivity contribution is 0.226. The van der Waals surface area contributed by atoms with Crippen LogP contribution in [0.1, 0.15) is 61.2 Å². The highest BCUT2D eigenvalue weighted by Crippen LogP contribution is 2.38. The highest BCUT2D eigenvalue weighted by molar-refractivity contribution is 5.66. The molecule has 0 unspecified atom stereocenters. The molecule has 1 atom stereocenters. The number of aromatic nitrogens is 3. The molecule has 3 aromatic rings. The van der Waals surface area contributed by atoms with Gasteiger partial charge in [0.25, 0.3) is 0 Å². The summed E-state index contributed by atoms with van der Waals surface area (Å²) in [5.74, 6) is 0.799. The molecule has 2 aromatic heterocycles. The lowest BCUT2D eigenvalue weighted by Gasteiger charge is -2.38. The second-order valence-electron chi connectivity index (χ2n) is 9.70. The number of benzene rings is 1. The molecule has 0 saturated carbocycles. The number of rotatable bonds is 1. The standard InChI is InChI=1S/C28H35FN6/c1-5-23-17-28-33(4)15-13-30-19(2)9-10-21-11-12-22(29)16-24(21)20(3)34-14-7-6-8-26(34)25-18-27(31-23)35(28)32-25/h11-12,16-18,26,30H,2-3,5-10,13-15H2,1,4H3/t26-/m0/s1. The van der Waals surface area contributed by atoms with Gasteiger partial charge in [0.1, 0.15) is 11.6 Å². The topological polar surface area (TPSA) is 48.7 Å². The normalized spacial score (nSPS) is 19.6. The number of aryl methyl sites for hydroxylation is 2. The van der Waals surface area contributed by atoms with E-state index in [9.17, 15) is 4.39 Å². The molecule has 4 heterocycles. The van der Waals surface area contributed by atoms with Gasteiger partial charge in [-0.2, -0.15) is 9.61 Å². The summed E-state index contributed by atoms with van der Waals surface area (Å²) in [6.07, 6.45) is 5.64. The third-order valence-electron chi connectivity index (χ3n) is 7.33. The molecule has 0 spiro atoms. The summed E-state index contributed by atoms with van der Waals surface area (Å²) in [6.45, 7) is 13.3. The van der Waals surface area contributed by atoms with Crippen molar-refractivity contribution in [3.8, 4) is 0 Å². The maximum absolute atomic E-state index is 14.4. The Morgan fingerprint density at radius 2 is 1.97 bits per heavy atom. The molecular weight excluding hydrogens is 439 g/mol. The molecule has 35 heavy (non-hydrogen) atoms. The SMILES string of the molecule is C=C1CCc2ccc(F)cc2C(=C)N2CCCC[C@H]2c2cc3nc(CC)cc(n3n2)N(C)CCN1. The van der Waals surface area contributed by atoms with Crippen LogP contribution < -0.4 is 10.2 Å². The van der Waals surface area contributed by atoms with Crippen LogP contribution in [0.3, 0.4) is 0 Å². The van der Waals surface area contributed by atoms with Crippen LogP contribution >= 0.6 is 0 Å². The Morgan fingerprint density at radius 1 is 1.11 bits per heavy atom. The smallest absolute Gasteiger partial charge is 0.157 e. The predicted octanol–water partition coefficient (Wildman–Crippen LogP) is 5.11. The van der Waals surface area contributed by atoms with E-state index in [1.807, 2.05) is 10.6 Å². The first-order valence-electron chi connectivity index (χ1n) is 12.7. The first kappa shape index (κ1) is 23.4. The highest BCUT2D eigenvalue weighted by atomic mass is 19.1. The number of hydrogen-bond donors (Lipinski definition) is 1. The zero-order valence-corrected chi connectivity index (χ0v) is 20.9. The summed E-state index contributed by atoms with van der Waals surface area (Å²) in [7, 11) is 2.10. The van der Waals surface area contributed by atoms with E-state index >= 15 is 0 Å². The minimum atomic E-state index is -0.235. The maximum Gasteiger partial charge on any atom is 0.157 e. The van der Waals surface area contributed by atoms with Gasteiger partial charge in [-0.05, 0) is 56.2 Å². The van der Waals surface area contributed by atoms with Crippen LogP contribution in [-0.4, -0.2) is 46.2 Å². The van der Waals surface area contributed by atoms with Crippen LogP contribution in [0.5, 0.6) is 0 Å². The number of nitrogens with zero attached hydrogens (tertiary/aromatic N) is 5. The number of halogens is 1. The zero-order chi connectivity index (χ0) is 24.5. The second kappa shape index (κ2) is 9.72. The number of hydrogen-bond acceptors (Lipinski definition) is 5. The van der Waals surface area contributed by atoms with E-state index in [2.05, 4.69) is 54.4 Å². The number of fused-ring (bicyclic) bond motifs is 4. The molecule has 1 fully saturated rings. The van der Waals surface area contributed by atoms with Crippen molar-refractivity contribution in [3.05, 3.63) is 77.5 Å². The van der Waals surface area contributed by atoms with Crippen LogP contribution in [0.15, 0.2) is 49.2 Å². The Bertz CT molecular complexity index is 1260. The van der Waals surface area contributed by atoms with Crippen LogP contribution in [0.2, 0.25) is 0 Å². The van der Waals surface area contributed by atoms with Crippen molar-refractivity contribution < 1.29 is 4.39 Å². The third-order valence-corrected chi connectivity index (χ3v) is 7.33. The van der Waals surface area contributed by atoms with E-state index in [4.69, 9.17) is 10.1 Å². The first-order chi connectivity index (χ1) is 16.9. The van der Waals surface area contributed by atoms with E-state index in [0.29, 0.717) is 0 Å². The molecule has 1 aromatic carbocycles. The van der Waals surface area contributed by atoms with Crippen molar-refractivity contribution in [1.29, 1.82) is 0 Å². The van der Waals surface area contributed by atoms with Gasteiger partial charge in [0.15, 0.2) is 5.65 Å². The zero-order valence-electron chi connectivity index (χ0n) is 20.9. The first-order valence-corrected chi connectivity index (χ1v) is 12.7. The molecule has 1 saturated heterocycles. The molecule has 0 radical (unpaired) electrons. The molecule has 5 rings (SSSR count). The van der Waals surface area contributed by atoms with Gasteiger partial charge < -0.3 is 15.1 Å². The number of piperidine rings is 1. The lowest BCUT2D eigenvalue weighted by atomic mass is 9.94. The van der Waals surface area contributed by atoms with E-state index in [0.717, 1.165) is 104 Å². The van der Waals surface area contributed by atoms with Gasteiger partial charge in [0.2, 0.25) is 0 Å². The van der Waals surface area contributed by atoms with Crippen LogP contribution in [-0.2, 0) is 12.8 Å². The van der Waals surface area contributed by atoms with E-state index in [-0.39, 0.29) is 11.9 Å². The number of allylic oxidation sites excluding steroid dienone is 1. The predicted molar refractivity (Wildman–Crippen MR) is 140 cm³/mol. The average Bonchev–Trinajstić information content (AvgIpc) is 3.30. The molecule has 2 aliphatic rings. The largest absolute Gasteiger partial charge is 0.387 e. The minimum Gasteiger partial charge on any atom is -0.387 e. The number of anilines is 1. The summed E-state index contributed by atoms with van der Waals surface area (Å²) in [5.41, 5.74) is 6.75. The van der Waals surface area contributed by atoms with Crippen molar-refractivity contribution in [1.82, 2.24) is 24.8 Å². The monoisotopic (exact) mass is 474 g/mol. The highest BCUT2D eigenvalue weighted by Gasteiger charge is 2.29. The van der Waals surface area contributed by atoms with Gasteiger partial charge >= 0.3 is 0 Å². The Labute approximate surface area is 207 Å². The van der Waals surface area contributed by atoms with Crippen molar-refractivity contribution in [2.45, 2.75) is 51.5 Å². The van der Waals surface area contributed by atoms with Gasteiger partial charge in [-0.1, -0.05) is 26.1 Å². The van der Waals surface area contributed by atoms with Gasteiger partial charge in [-0.25, -0.2) is 9.37 Å². The van der Waals surface area contributed by atoms with Crippen molar-refractivity contribution in [2.75, 3.05) is 31.6 Å². The fourth-order valence-electron chi connectivity index (χ4n) is 5.28. The lowest BCUT2D eigenvalue weighted by Crippen LogP contribution is -2.33. The molecule has 1 N–H and O–H groups in total. The van der Waals surface area contributed by atoms with Crippen LogP contribution in [0.4, 0.5) is 10.2 Å². The Morgan fingerprint density at radius 3 is 2.80 bits per heavy atom. The molecule has 7 heteroatoms. The molecular formula is C28H35FN6. The van der Waals surface area contributed by atoms with Crippen molar-refractivity contribution in [3.63, 3.8) is 0 Å². The summed E-state index contributed by atoms with van der Waals surface area (Å²) in [5, 5.41) is 8.54. The van der Waals surface area contributed by atoms with E-state index in [1.54, 1.807) is 12.1 Å². The maximum atomic E-state index is 14.4. The molecule has 6 nitrogen and oxygen atoms in total. The second-order valence-corrected chi connectivity index (χ2v) is 9.70. The molecule has 2 aliphatic heterocycles. The Hall–Kier alpha value is -3.35. The Kier molecular flexibility index (Phi) is 6.50. The fraction of sp³-hybridized carbons (Fsp3) is 0.429. The summed E-state index contributed by atoms with van der Waals surface area (Å²) in [4.78, 5) is 9.43. The summed E-state index contributed by atoms with van der Waals surface area (Å²) in [6, 6.07) is 9.42. The van der Waals surface area contributed by atoms with E-state index < -0.39 is 0 Å². The molecule has 2 bridgehead atoms. The Balaban J connectivity index is 1.64. The van der Waals surface area contributed by atoms with Gasteiger partial charge in [0, 0.05) is 61.5 Å². The van der Waals surface area contributed by atoms with E-state index in [1.165, 1.54) is 0 Å². The third kappa shape index (κ3) is 4.64. The summed E-state index contributed by atoms with van der Waals surface area (Å²) < 4.78 is 16.4. The van der Waals surface area contributed by atoms with Crippen molar-refractivity contribution >= 4 is 17.2 Å². The van der Waals surface area contributed by atoms with Crippen molar-refractivity contribution in [2.24, 2.45) is 0 Å². The average molecular weight is 475 g/mol. The fourth-order valence-corrected chi connectivity index (χ4v) is 5.28. The molecule has 184 valence electrons. The van der Waals surface area contributed by atoms with Gasteiger partial charge in [0.05, 0.1) is 11.7 Å². The van der Waals surface area contributed by atoms with Crippen LogP contribution in [0, 0.1) is 5.82 Å². The number of nitrogens with one attached hydrogen (secondary N) is 1. The number of likely N-dealkylation sites (N-methyl/N-ethyl adjacent to an activating group) is 1. The van der Waals surface area contributed by atoms with Gasteiger partial charge in [-0.3, -0.25) is 0 Å². The molecule has 0 amide bonds. The van der Waals surface area contributed by atoms with Gasteiger partial charge in [-0.15, -0.1) is 0 Å². The summed E-state index contributed by atoms with van der Waals surface area (Å²) >= 11 is 0.